The van der Waals surface area contributed by atoms with Crippen molar-refractivity contribution in [2.45, 2.75) is 0 Å². The summed E-state index contributed by atoms with van der Waals surface area (Å²) in [5, 5.41) is 2.06. The lowest BCUT2D eigenvalue weighted by molar-refractivity contribution is 0.102. The van der Waals surface area contributed by atoms with E-state index in [0.717, 1.165) is 0 Å². The molecule has 2 aromatic rings. The van der Waals surface area contributed by atoms with E-state index < -0.39 is 29.0 Å². The second kappa shape index (κ2) is 5.12. The summed E-state index contributed by atoms with van der Waals surface area (Å²) < 4.78 is 39.4. The minimum atomic E-state index is -1.40. The number of nitrogens with one attached hydrogen (secondary N) is 1. The van der Waals surface area contributed by atoms with Crippen LogP contribution in [0.2, 0.25) is 0 Å². The first-order valence-corrected chi connectivity index (χ1v) is 5.49. The SMILES string of the molecule is Nc1cc(N)cc(C(=O)Nc2cc(F)cc(F)c2F)c1. The number of hydrogen-bond acceptors (Lipinski definition) is 3. The van der Waals surface area contributed by atoms with Gasteiger partial charge >= 0.3 is 0 Å². The van der Waals surface area contributed by atoms with E-state index >= 15 is 0 Å². The predicted octanol–water partition coefficient (Wildman–Crippen LogP) is 2.52. The maximum absolute atomic E-state index is 13.4. The van der Waals surface area contributed by atoms with Gasteiger partial charge in [0.2, 0.25) is 0 Å². The lowest BCUT2D eigenvalue weighted by atomic mass is 10.1. The largest absolute Gasteiger partial charge is 0.399 e. The molecule has 0 unspecified atom stereocenters. The van der Waals surface area contributed by atoms with E-state index in [4.69, 9.17) is 11.5 Å². The van der Waals surface area contributed by atoms with Crippen molar-refractivity contribution in [1.29, 1.82) is 0 Å². The summed E-state index contributed by atoms with van der Waals surface area (Å²) in [7, 11) is 0. The molecule has 0 aliphatic rings. The van der Waals surface area contributed by atoms with Crippen molar-refractivity contribution < 1.29 is 18.0 Å². The first-order valence-electron chi connectivity index (χ1n) is 5.49. The number of hydrogen-bond donors (Lipinski definition) is 3. The fraction of sp³-hybridized carbons (Fsp3) is 0. The summed E-state index contributed by atoms with van der Waals surface area (Å²) in [6, 6.07) is 5.09. The van der Waals surface area contributed by atoms with Gasteiger partial charge in [-0.2, -0.15) is 0 Å². The highest BCUT2D eigenvalue weighted by Crippen LogP contribution is 2.21. The molecule has 1 amide bonds. The van der Waals surface area contributed by atoms with Gasteiger partial charge in [0.25, 0.3) is 5.91 Å². The molecule has 0 atom stereocenters. The summed E-state index contributed by atoms with van der Waals surface area (Å²) in [6.07, 6.45) is 0. The van der Waals surface area contributed by atoms with Crippen LogP contribution in [0, 0.1) is 17.5 Å². The van der Waals surface area contributed by atoms with Crippen LogP contribution in [0.5, 0.6) is 0 Å². The Kier molecular flexibility index (Phi) is 3.51. The molecule has 4 nitrogen and oxygen atoms in total. The van der Waals surface area contributed by atoms with Crippen molar-refractivity contribution >= 4 is 23.0 Å². The number of nitrogens with two attached hydrogens (primary N) is 2. The third kappa shape index (κ3) is 2.82. The van der Waals surface area contributed by atoms with Crippen LogP contribution in [0.15, 0.2) is 30.3 Å². The normalized spacial score (nSPS) is 10.3. The van der Waals surface area contributed by atoms with E-state index in [-0.39, 0.29) is 16.9 Å². The minimum absolute atomic E-state index is 0.0477. The van der Waals surface area contributed by atoms with E-state index in [1.165, 1.54) is 18.2 Å². The second-order valence-corrected chi connectivity index (χ2v) is 4.09. The quantitative estimate of drug-likeness (QED) is 0.584. The Morgan fingerprint density at radius 2 is 1.55 bits per heavy atom. The Labute approximate surface area is 112 Å². The number of nitrogen functional groups attached to an aromatic ring is 2. The van der Waals surface area contributed by atoms with Crippen LogP contribution in [0.3, 0.4) is 0 Å². The van der Waals surface area contributed by atoms with Gasteiger partial charge in [0, 0.05) is 29.1 Å². The van der Waals surface area contributed by atoms with E-state index in [1.807, 2.05) is 0 Å². The number of rotatable bonds is 2. The zero-order chi connectivity index (χ0) is 14.9. The molecule has 0 heterocycles. The predicted molar refractivity (Wildman–Crippen MR) is 69.5 cm³/mol. The zero-order valence-electron chi connectivity index (χ0n) is 10.1. The first-order chi connectivity index (χ1) is 9.36. The van der Waals surface area contributed by atoms with Gasteiger partial charge in [0.15, 0.2) is 11.6 Å². The molecule has 0 aromatic heterocycles. The highest BCUT2D eigenvalue weighted by Gasteiger charge is 2.15. The Morgan fingerprint density at radius 1 is 0.950 bits per heavy atom. The van der Waals surface area contributed by atoms with Gasteiger partial charge in [-0.1, -0.05) is 0 Å². The van der Waals surface area contributed by atoms with Crippen LogP contribution in [-0.4, -0.2) is 5.91 Å². The fourth-order valence-electron chi connectivity index (χ4n) is 1.65. The van der Waals surface area contributed by atoms with Gasteiger partial charge in [0.05, 0.1) is 5.69 Å². The van der Waals surface area contributed by atoms with Gasteiger partial charge < -0.3 is 16.8 Å². The number of carbonyl (C=O) groups excluding carboxylic acids is 1. The van der Waals surface area contributed by atoms with Crippen LogP contribution in [0.25, 0.3) is 0 Å². The lowest BCUT2D eigenvalue weighted by Crippen LogP contribution is -2.14. The number of anilines is 3. The monoisotopic (exact) mass is 281 g/mol. The van der Waals surface area contributed by atoms with Crippen LogP contribution < -0.4 is 16.8 Å². The molecule has 104 valence electrons. The third-order valence-electron chi connectivity index (χ3n) is 2.48. The van der Waals surface area contributed by atoms with Gasteiger partial charge in [-0.15, -0.1) is 0 Å². The summed E-state index contributed by atoms with van der Waals surface area (Å²) in [5.41, 5.74) is 10.9. The number of carbonyl (C=O) groups is 1. The van der Waals surface area contributed by atoms with Crippen molar-refractivity contribution in [2.75, 3.05) is 16.8 Å². The number of halogens is 3. The zero-order valence-corrected chi connectivity index (χ0v) is 10.1. The van der Waals surface area contributed by atoms with E-state index in [1.54, 1.807) is 0 Å². The smallest absolute Gasteiger partial charge is 0.255 e. The molecule has 0 aliphatic heterocycles. The average Bonchev–Trinajstić information content (AvgIpc) is 2.34. The molecule has 0 saturated heterocycles. The molecule has 0 spiro atoms. The lowest BCUT2D eigenvalue weighted by Gasteiger charge is -2.08. The molecule has 0 radical (unpaired) electrons. The Morgan fingerprint density at radius 3 is 2.15 bits per heavy atom. The molecule has 2 rings (SSSR count). The topological polar surface area (TPSA) is 81.1 Å². The summed E-state index contributed by atoms with van der Waals surface area (Å²) in [6.45, 7) is 0. The maximum Gasteiger partial charge on any atom is 0.255 e. The average molecular weight is 281 g/mol. The molecular weight excluding hydrogens is 271 g/mol. The Bertz CT molecular complexity index is 669. The molecule has 0 aliphatic carbocycles. The molecule has 20 heavy (non-hydrogen) atoms. The van der Waals surface area contributed by atoms with Crippen molar-refractivity contribution in [1.82, 2.24) is 0 Å². The third-order valence-corrected chi connectivity index (χ3v) is 2.48. The van der Waals surface area contributed by atoms with Gasteiger partial charge in [-0.3, -0.25) is 4.79 Å². The summed E-state index contributed by atoms with van der Waals surface area (Å²) in [4.78, 5) is 11.9. The molecule has 5 N–H and O–H groups in total. The molecule has 0 bridgehead atoms. The molecule has 7 heteroatoms. The van der Waals surface area contributed by atoms with Crippen LogP contribution >= 0.6 is 0 Å². The van der Waals surface area contributed by atoms with Crippen LogP contribution in [0.4, 0.5) is 30.2 Å². The Balaban J connectivity index is 2.32. The molecule has 0 fully saturated rings. The highest BCUT2D eigenvalue weighted by atomic mass is 19.2. The second-order valence-electron chi connectivity index (χ2n) is 4.09. The summed E-state index contributed by atoms with van der Waals surface area (Å²) in [5.74, 6) is -4.54. The minimum Gasteiger partial charge on any atom is -0.399 e. The molecule has 2 aromatic carbocycles. The van der Waals surface area contributed by atoms with Gasteiger partial charge in [-0.25, -0.2) is 13.2 Å². The Hall–Kier alpha value is -2.70. The van der Waals surface area contributed by atoms with Gasteiger partial charge in [-0.05, 0) is 18.2 Å². The first kappa shape index (κ1) is 13.7. The highest BCUT2D eigenvalue weighted by molar-refractivity contribution is 6.05. The summed E-state index contributed by atoms with van der Waals surface area (Å²) >= 11 is 0. The van der Waals surface area contributed by atoms with Crippen molar-refractivity contribution in [2.24, 2.45) is 0 Å². The maximum atomic E-state index is 13.4. The molecule has 0 saturated carbocycles. The fourth-order valence-corrected chi connectivity index (χ4v) is 1.65. The van der Waals surface area contributed by atoms with E-state index in [9.17, 15) is 18.0 Å². The van der Waals surface area contributed by atoms with E-state index in [2.05, 4.69) is 5.32 Å². The standard InChI is InChI=1S/C13H10F3N3O/c14-7-3-10(15)12(16)11(4-7)19-13(20)6-1-8(17)5-9(18)2-6/h1-5H,17-18H2,(H,19,20). The van der Waals surface area contributed by atoms with Gasteiger partial charge in [0.1, 0.15) is 5.82 Å². The molecular formula is C13H10F3N3O. The van der Waals surface area contributed by atoms with Crippen molar-refractivity contribution in [3.05, 3.63) is 53.3 Å². The van der Waals surface area contributed by atoms with Crippen molar-refractivity contribution in [3.63, 3.8) is 0 Å². The van der Waals surface area contributed by atoms with E-state index in [0.29, 0.717) is 12.1 Å². The number of amides is 1. The number of benzene rings is 2. The van der Waals surface area contributed by atoms with Crippen LogP contribution in [0.1, 0.15) is 10.4 Å². The van der Waals surface area contributed by atoms with Crippen LogP contribution in [-0.2, 0) is 0 Å². The van der Waals surface area contributed by atoms with Crippen molar-refractivity contribution in [3.8, 4) is 0 Å².